The third-order valence-corrected chi connectivity index (χ3v) is 3.67. The number of alkyl halides is 1. The second-order valence-corrected chi connectivity index (χ2v) is 5.50. The zero-order valence-corrected chi connectivity index (χ0v) is 14.1. The standard InChI is InChI=1S/C14H11Cl3N2O4/c1-22-14(21)11-12(10-7(16)3-2-4-8(10)17)19-23-13(11)18-9(20)5-6-15/h2-4H,5-6H2,1H3,(H,18,20). The van der Waals surface area contributed by atoms with E-state index in [0.717, 1.165) is 0 Å². The average molecular weight is 378 g/mol. The van der Waals surface area contributed by atoms with Gasteiger partial charge in [0.1, 0.15) is 5.69 Å². The molecule has 0 saturated heterocycles. The van der Waals surface area contributed by atoms with Gasteiger partial charge in [-0.1, -0.05) is 34.4 Å². The third-order valence-electron chi connectivity index (χ3n) is 2.86. The van der Waals surface area contributed by atoms with E-state index in [0.29, 0.717) is 5.56 Å². The van der Waals surface area contributed by atoms with Gasteiger partial charge in [0, 0.05) is 17.9 Å². The van der Waals surface area contributed by atoms with Crippen molar-refractivity contribution in [1.82, 2.24) is 5.16 Å². The van der Waals surface area contributed by atoms with Gasteiger partial charge in [0.25, 0.3) is 0 Å². The maximum Gasteiger partial charge on any atom is 0.345 e. The van der Waals surface area contributed by atoms with Crippen molar-refractivity contribution in [2.24, 2.45) is 0 Å². The van der Waals surface area contributed by atoms with Gasteiger partial charge in [0.05, 0.1) is 17.2 Å². The highest BCUT2D eigenvalue weighted by molar-refractivity contribution is 6.39. The maximum atomic E-state index is 12.1. The number of nitrogens with one attached hydrogen (secondary N) is 1. The number of methoxy groups -OCH3 is 1. The largest absolute Gasteiger partial charge is 0.465 e. The van der Waals surface area contributed by atoms with Crippen molar-refractivity contribution in [3.63, 3.8) is 0 Å². The smallest absolute Gasteiger partial charge is 0.345 e. The van der Waals surface area contributed by atoms with Crippen molar-refractivity contribution in [3.8, 4) is 11.3 Å². The first-order valence-corrected chi connectivity index (χ1v) is 7.66. The fraction of sp³-hybridized carbons (Fsp3) is 0.214. The van der Waals surface area contributed by atoms with Crippen LogP contribution in [0.2, 0.25) is 10.0 Å². The lowest BCUT2D eigenvalue weighted by molar-refractivity contribution is -0.115. The predicted molar refractivity (Wildman–Crippen MR) is 87.3 cm³/mol. The van der Waals surface area contributed by atoms with Gasteiger partial charge in [-0.15, -0.1) is 11.6 Å². The molecular formula is C14H11Cl3N2O4. The second-order valence-electron chi connectivity index (χ2n) is 4.31. The van der Waals surface area contributed by atoms with Crippen molar-refractivity contribution in [1.29, 1.82) is 0 Å². The van der Waals surface area contributed by atoms with Crippen LogP contribution in [0.5, 0.6) is 0 Å². The Morgan fingerprint density at radius 3 is 2.52 bits per heavy atom. The van der Waals surface area contributed by atoms with Crippen LogP contribution in [0.1, 0.15) is 16.8 Å². The zero-order chi connectivity index (χ0) is 17.0. The highest BCUT2D eigenvalue weighted by Gasteiger charge is 2.28. The normalized spacial score (nSPS) is 10.4. The van der Waals surface area contributed by atoms with E-state index in [4.69, 9.17) is 44.1 Å². The molecule has 0 saturated carbocycles. The highest BCUT2D eigenvalue weighted by atomic mass is 35.5. The number of hydrogen-bond donors (Lipinski definition) is 1. The third kappa shape index (κ3) is 3.77. The molecular weight excluding hydrogens is 367 g/mol. The molecule has 1 amide bonds. The molecule has 0 fully saturated rings. The number of anilines is 1. The molecule has 0 aliphatic heterocycles. The number of amides is 1. The lowest BCUT2D eigenvalue weighted by Crippen LogP contribution is -2.14. The van der Waals surface area contributed by atoms with E-state index in [-0.39, 0.29) is 39.5 Å². The van der Waals surface area contributed by atoms with Crippen molar-refractivity contribution in [3.05, 3.63) is 33.8 Å². The van der Waals surface area contributed by atoms with E-state index in [1.165, 1.54) is 7.11 Å². The molecule has 2 rings (SSSR count). The summed E-state index contributed by atoms with van der Waals surface area (Å²) in [5.41, 5.74) is 0.303. The molecule has 1 aromatic carbocycles. The fourth-order valence-corrected chi connectivity index (χ4v) is 2.58. The van der Waals surface area contributed by atoms with Gasteiger partial charge in [-0.25, -0.2) is 4.79 Å². The summed E-state index contributed by atoms with van der Waals surface area (Å²) in [6, 6.07) is 4.82. The number of benzene rings is 1. The zero-order valence-electron chi connectivity index (χ0n) is 11.9. The number of carbonyl (C=O) groups is 2. The fourth-order valence-electron chi connectivity index (χ4n) is 1.84. The Labute approximate surface area is 146 Å². The van der Waals surface area contributed by atoms with E-state index in [9.17, 15) is 9.59 Å². The van der Waals surface area contributed by atoms with Crippen LogP contribution in [-0.4, -0.2) is 30.0 Å². The van der Waals surface area contributed by atoms with Crippen molar-refractivity contribution in [2.75, 3.05) is 18.3 Å². The van der Waals surface area contributed by atoms with Crippen LogP contribution in [-0.2, 0) is 9.53 Å². The number of aromatic nitrogens is 1. The summed E-state index contributed by atoms with van der Waals surface area (Å²) in [7, 11) is 1.19. The molecule has 1 N–H and O–H groups in total. The minimum absolute atomic E-state index is 0.0467. The summed E-state index contributed by atoms with van der Waals surface area (Å²) in [4.78, 5) is 23.7. The number of rotatable bonds is 5. The number of esters is 1. The Hall–Kier alpha value is -1.76. The van der Waals surface area contributed by atoms with Crippen LogP contribution < -0.4 is 5.32 Å². The minimum Gasteiger partial charge on any atom is -0.465 e. The first kappa shape index (κ1) is 17.6. The van der Waals surface area contributed by atoms with Crippen LogP contribution >= 0.6 is 34.8 Å². The molecule has 0 aliphatic carbocycles. The molecule has 0 radical (unpaired) electrons. The van der Waals surface area contributed by atoms with Crippen LogP contribution in [0.15, 0.2) is 22.7 Å². The van der Waals surface area contributed by atoms with E-state index in [2.05, 4.69) is 10.5 Å². The molecule has 1 heterocycles. The average Bonchev–Trinajstić information content (AvgIpc) is 2.90. The van der Waals surface area contributed by atoms with Crippen LogP contribution in [0.4, 0.5) is 5.88 Å². The number of carbonyl (C=O) groups excluding carboxylic acids is 2. The van der Waals surface area contributed by atoms with Crippen LogP contribution in [0.3, 0.4) is 0 Å². The number of hydrogen-bond acceptors (Lipinski definition) is 5. The SMILES string of the molecule is COC(=O)c1c(-c2c(Cl)cccc2Cl)noc1NC(=O)CCCl. The van der Waals surface area contributed by atoms with Crippen molar-refractivity contribution >= 4 is 52.6 Å². The van der Waals surface area contributed by atoms with Gasteiger partial charge in [-0.05, 0) is 12.1 Å². The van der Waals surface area contributed by atoms with Gasteiger partial charge in [-0.2, -0.15) is 0 Å². The molecule has 0 spiro atoms. The summed E-state index contributed by atoms with van der Waals surface area (Å²) in [5, 5.41) is 6.76. The van der Waals surface area contributed by atoms with Gasteiger partial charge < -0.3 is 9.26 Å². The van der Waals surface area contributed by atoms with Crippen molar-refractivity contribution < 1.29 is 18.8 Å². The molecule has 122 valence electrons. The summed E-state index contributed by atoms with van der Waals surface area (Å²) >= 11 is 17.8. The van der Waals surface area contributed by atoms with E-state index in [1.54, 1.807) is 18.2 Å². The molecule has 6 nitrogen and oxygen atoms in total. The number of halogens is 3. The molecule has 9 heteroatoms. The molecule has 1 aromatic heterocycles. The monoisotopic (exact) mass is 376 g/mol. The highest BCUT2D eigenvalue weighted by Crippen LogP contribution is 2.38. The van der Waals surface area contributed by atoms with Gasteiger partial charge in [0.15, 0.2) is 5.56 Å². The van der Waals surface area contributed by atoms with E-state index < -0.39 is 11.9 Å². The molecule has 2 aromatic rings. The molecule has 0 atom stereocenters. The predicted octanol–water partition coefficient (Wildman–Crippen LogP) is 4.00. The Kier molecular flexibility index (Phi) is 5.87. The minimum atomic E-state index is -0.751. The Morgan fingerprint density at radius 1 is 1.30 bits per heavy atom. The maximum absolute atomic E-state index is 12.1. The Bertz CT molecular complexity index is 725. The second kappa shape index (κ2) is 7.68. The van der Waals surface area contributed by atoms with Crippen LogP contribution in [0.25, 0.3) is 11.3 Å². The first-order chi connectivity index (χ1) is 11.0. The summed E-state index contributed by atoms with van der Waals surface area (Å²) in [6.07, 6.45) is 0.0467. The molecule has 0 aliphatic rings. The summed E-state index contributed by atoms with van der Waals surface area (Å²) in [6.45, 7) is 0. The van der Waals surface area contributed by atoms with Gasteiger partial charge in [0.2, 0.25) is 11.8 Å². The summed E-state index contributed by atoms with van der Waals surface area (Å²) in [5.74, 6) is -1.22. The lowest BCUT2D eigenvalue weighted by atomic mass is 10.1. The number of ether oxygens (including phenoxy) is 1. The van der Waals surface area contributed by atoms with E-state index in [1.807, 2.05) is 0 Å². The van der Waals surface area contributed by atoms with E-state index >= 15 is 0 Å². The first-order valence-electron chi connectivity index (χ1n) is 6.37. The number of nitrogens with zero attached hydrogens (tertiary/aromatic N) is 1. The van der Waals surface area contributed by atoms with Gasteiger partial charge >= 0.3 is 5.97 Å². The van der Waals surface area contributed by atoms with Gasteiger partial charge in [-0.3, -0.25) is 10.1 Å². The van der Waals surface area contributed by atoms with Crippen molar-refractivity contribution in [2.45, 2.75) is 6.42 Å². The molecule has 0 unspecified atom stereocenters. The summed E-state index contributed by atoms with van der Waals surface area (Å²) < 4.78 is 9.77. The Morgan fingerprint density at radius 2 is 1.96 bits per heavy atom. The quantitative estimate of drug-likeness (QED) is 0.629. The molecule has 23 heavy (non-hydrogen) atoms. The van der Waals surface area contributed by atoms with Crippen LogP contribution in [0, 0.1) is 0 Å². The topological polar surface area (TPSA) is 81.4 Å². The lowest BCUT2D eigenvalue weighted by Gasteiger charge is -2.06. The molecule has 0 bridgehead atoms. The Balaban J connectivity index is 2.55.